The van der Waals surface area contributed by atoms with Crippen molar-refractivity contribution in [2.45, 2.75) is 84.3 Å². The van der Waals surface area contributed by atoms with E-state index in [1.807, 2.05) is 22.8 Å². The lowest BCUT2D eigenvalue weighted by atomic mass is 10.1. The zero-order chi connectivity index (χ0) is 29.8. The summed E-state index contributed by atoms with van der Waals surface area (Å²) in [4.78, 5) is 28.5. The lowest BCUT2D eigenvalue weighted by molar-refractivity contribution is -0.116. The van der Waals surface area contributed by atoms with Crippen LogP contribution >= 0.6 is 0 Å². The molecule has 0 fully saturated rings. The van der Waals surface area contributed by atoms with Crippen LogP contribution in [0.3, 0.4) is 0 Å². The summed E-state index contributed by atoms with van der Waals surface area (Å²) < 4.78 is 10.9. The minimum absolute atomic E-state index is 0.00399. The quantitative estimate of drug-likeness (QED) is 0.182. The highest BCUT2D eigenvalue weighted by molar-refractivity contribution is 6.74. The zero-order valence-electron chi connectivity index (χ0n) is 25.1. The van der Waals surface area contributed by atoms with Crippen LogP contribution in [0.15, 0.2) is 67.3 Å². The van der Waals surface area contributed by atoms with Crippen LogP contribution in [0, 0.1) is 6.92 Å². The third-order valence-corrected chi connectivity index (χ3v) is 12.6. The van der Waals surface area contributed by atoms with Crippen molar-refractivity contribution in [3.05, 3.63) is 84.1 Å². The Morgan fingerprint density at radius 3 is 2.49 bits per heavy atom. The van der Waals surface area contributed by atoms with Gasteiger partial charge in [0.25, 0.3) is 5.91 Å². The number of anilines is 1. The number of carbonyl (C=O) groups is 2. The van der Waals surface area contributed by atoms with Gasteiger partial charge in [-0.3, -0.25) is 9.59 Å². The van der Waals surface area contributed by atoms with Crippen molar-refractivity contribution in [2.75, 3.05) is 5.32 Å². The normalized spacial score (nSPS) is 12.9. The van der Waals surface area contributed by atoms with Crippen molar-refractivity contribution in [2.24, 2.45) is 5.73 Å². The molecule has 2 aromatic carbocycles. The van der Waals surface area contributed by atoms with E-state index in [2.05, 4.69) is 92.2 Å². The number of nitrogens with one attached hydrogen (secondary N) is 1. The fraction of sp³-hybridized carbons (Fsp3) is 0.406. The molecule has 4 rings (SSSR count). The van der Waals surface area contributed by atoms with Gasteiger partial charge in [-0.25, -0.2) is 4.98 Å². The van der Waals surface area contributed by atoms with Gasteiger partial charge < -0.3 is 24.6 Å². The predicted octanol–water partition coefficient (Wildman–Crippen LogP) is 6.82. The van der Waals surface area contributed by atoms with Crippen LogP contribution in [0.4, 0.5) is 5.69 Å². The molecule has 9 heteroatoms. The molecule has 0 aliphatic heterocycles. The highest BCUT2D eigenvalue weighted by Crippen LogP contribution is 2.39. The fourth-order valence-corrected chi connectivity index (χ4v) is 5.81. The van der Waals surface area contributed by atoms with Gasteiger partial charge in [-0.2, -0.15) is 0 Å². The van der Waals surface area contributed by atoms with Gasteiger partial charge in [-0.15, -0.1) is 0 Å². The average Bonchev–Trinajstić information content (AvgIpc) is 3.55. The second-order valence-corrected chi connectivity index (χ2v) is 17.1. The first-order valence-corrected chi connectivity index (χ1v) is 17.2. The number of benzene rings is 2. The number of amides is 2. The second-order valence-electron chi connectivity index (χ2n) is 12.4. The van der Waals surface area contributed by atoms with Crippen LogP contribution in [0.2, 0.25) is 18.1 Å². The highest BCUT2D eigenvalue weighted by Gasteiger charge is 2.39. The number of nitrogens with zero attached hydrogens (tertiary/aromatic N) is 3. The lowest BCUT2D eigenvalue weighted by Crippen LogP contribution is -2.42. The molecule has 0 bridgehead atoms. The molecule has 2 amide bonds. The van der Waals surface area contributed by atoms with Gasteiger partial charge in [0, 0.05) is 31.0 Å². The van der Waals surface area contributed by atoms with E-state index >= 15 is 0 Å². The molecule has 3 N–H and O–H groups in total. The standard InChI is InChI=1S/C32H43N5O3Si/c1-23-9-11-24(12-10-23)13-16-29(38)35-26-15-14-25-17-19-36(28(25)20-26)18-7-8-30(40-41(5,6)32(2,3)4)37-21-27(31(33)39)34-22-37/h9-12,14-15,17,19-22,30H,7-8,13,16,18H2,1-6H3,(H2,33,39)(H,35,38). The van der Waals surface area contributed by atoms with E-state index in [9.17, 15) is 9.59 Å². The molecule has 4 aromatic rings. The topological polar surface area (TPSA) is 104 Å². The molecule has 0 radical (unpaired) electrons. The molecule has 1 unspecified atom stereocenters. The average molecular weight is 574 g/mol. The molecule has 0 saturated heterocycles. The SMILES string of the molecule is Cc1ccc(CCC(=O)Nc2ccc3ccn(CCCC(O[Si](C)(C)C(C)(C)C)n4cnc(C(N)=O)c4)c3c2)cc1. The summed E-state index contributed by atoms with van der Waals surface area (Å²) in [6.45, 7) is 13.9. The van der Waals surface area contributed by atoms with Crippen LogP contribution in [-0.4, -0.2) is 34.2 Å². The Balaban J connectivity index is 1.42. The predicted molar refractivity (Wildman–Crippen MR) is 167 cm³/mol. The van der Waals surface area contributed by atoms with Crippen molar-refractivity contribution < 1.29 is 14.0 Å². The van der Waals surface area contributed by atoms with Crippen molar-refractivity contribution in [1.29, 1.82) is 0 Å². The fourth-order valence-electron chi connectivity index (χ4n) is 4.54. The number of imidazole rings is 1. The summed E-state index contributed by atoms with van der Waals surface area (Å²) in [7, 11) is -2.09. The van der Waals surface area contributed by atoms with Gasteiger partial charge in [0.15, 0.2) is 8.32 Å². The first kappa shape index (κ1) is 30.3. The minimum atomic E-state index is -2.09. The molecule has 0 spiro atoms. The third-order valence-electron chi connectivity index (χ3n) is 8.09. The van der Waals surface area contributed by atoms with E-state index in [-0.39, 0.29) is 22.9 Å². The number of primary amides is 1. The van der Waals surface area contributed by atoms with E-state index in [0.29, 0.717) is 12.8 Å². The van der Waals surface area contributed by atoms with Crippen LogP contribution in [-0.2, 0) is 22.2 Å². The summed E-state index contributed by atoms with van der Waals surface area (Å²) in [6.07, 6.45) is 7.89. The van der Waals surface area contributed by atoms with Gasteiger partial charge in [0.1, 0.15) is 11.9 Å². The Bertz CT molecular complexity index is 1500. The number of aryl methyl sites for hydroxylation is 3. The molecular weight excluding hydrogens is 530 g/mol. The number of nitrogens with two attached hydrogens (primary N) is 1. The summed E-state index contributed by atoms with van der Waals surface area (Å²) in [6, 6.07) is 16.4. The molecule has 218 valence electrons. The second kappa shape index (κ2) is 12.4. The van der Waals surface area contributed by atoms with E-state index in [1.54, 1.807) is 12.5 Å². The number of fused-ring (bicyclic) bond motifs is 1. The summed E-state index contributed by atoms with van der Waals surface area (Å²) in [5.41, 5.74) is 9.93. The molecule has 0 aliphatic rings. The van der Waals surface area contributed by atoms with Crippen molar-refractivity contribution in [1.82, 2.24) is 14.1 Å². The van der Waals surface area contributed by atoms with Gasteiger partial charge >= 0.3 is 0 Å². The smallest absolute Gasteiger partial charge is 0.268 e. The first-order chi connectivity index (χ1) is 19.3. The van der Waals surface area contributed by atoms with Gasteiger partial charge in [0.05, 0.1) is 11.8 Å². The largest absolute Gasteiger partial charge is 0.397 e. The van der Waals surface area contributed by atoms with Crippen LogP contribution < -0.4 is 11.1 Å². The van der Waals surface area contributed by atoms with E-state index in [4.69, 9.17) is 10.2 Å². The molecule has 8 nitrogen and oxygen atoms in total. The monoisotopic (exact) mass is 573 g/mol. The Kier molecular flexibility index (Phi) is 9.19. The maximum absolute atomic E-state index is 12.7. The Hall–Kier alpha value is -3.69. The molecule has 41 heavy (non-hydrogen) atoms. The van der Waals surface area contributed by atoms with Gasteiger partial charge in [0.2, 0.25) is 5.91 Å². The van der Waals surface area contributed by atoms with Gasteiger partial charge in [-0.05, 0) is 73.5 Å². The molecular formula is C32H43N5O3Si. The minimum Gasteiger partial charge on any atom is -0.397 e. The van der Waals surface area contributed by atoms with Crippen LogP contribution in [0.1, 0.15) is 67.9 Å². The molecule has 2 aromatic heterocycles. The summed E-state index contributed by atoms with van der Waals surface area (Å²) >= 11 is 0. The molecule has 1 atom stereocenters. The summed E-state index contributed by atoms with van der Waals surface area (Å²) in [5, 5.41) is 4.22. The zero-order valence-corrected chi connectivity index (χ0v) is 26.1. The maximum atomic E-state index is 12.7. The molecule has 0 aliphatic carbocycles. The first-order valence-electron chi connectivity index (χ1n) is 14.3. The third kappa shape index (κ3) is 7.74. The lowest BCUT2D eigenvalue weighted by Gasteiger charge is -2.39. The summed E-state index contributed by atoms with van der Waals surface area (Å²) in [5.74, 6) is -0.545. The van der Waals surface area contributed by atoms with E-state index in [1.165, 1.54) is 5.56 Å². The maximum Gasteiger partial charge on any atom is 0.268 e. The van der Waals surface area contributed by atoms with Gasteiger partial charge in [-0.1, -0.05) is 56.7 Å². The number of rotatable bonds is 12. The highest BCUT2D eigenvalue weighted by atomic mass is 28.4. The van der Waals surface area contributed by atoms with Crippen LogP contribution in [0.25, 0.3) is 10.9 Å². The van der Waals surface area contributed by atoms with Crippen molar-refractivity contribution in [3.63, 3.8) is 0 Å². The van der Waals surface area contributed by atoms with Crippen molar-refractivity contribution in [3.8, 4) is 0 Å². The number of aromatic nitrogens is 3. The van der Waals surface area contributed by atoms with E-state index < -0.39 is 14.2 Å². The Morgan fingerprint density at radius 1 is 1.10 bits per heavy atom. The number of hydrogen-bond donors (Lipinski definition) is 2. The Morgan fingerprint density at radius 2 is 1.83 bits per heavy atom. The van der Waals surface area contributed by atoms with E-state index in [0.717, 1.165) is 41.5 Å². The molecule has 2 heterocycles. The molecule has 0 saturated carbocycles. The van der Waals surface area contributed by atoms with Crippen molar-refractivity contribution >= 4 is 36.7 Å². The van der Waals surface area contributed by atoms with Crippen LogP contribution in [0.5, 0.6) is 0 Å². The number of hydrogen-bond acceptors (Lipinski definition) is 4. The number of carbonyl (C=O) groups excluding carboxylic acids is 2. The Labute approximate surface area is 244 Å².